The van der Waals surface area contributed by atoms with Gasteiger partial charge in [0.15, 0.2) is 0 Å². The summed E-state index contributed by atoms with van der Waals surface area (Å²) in [6, 6.07) is 6.36. The number of aliphatic hydroxyl groups excluding tert-OH is 1. The highest BCUT2D eigenvalue weighted by Crippen LogP contribution is 2.16. The lowest BCUT2D eigenvalue weighted by Gasteiger charge is -2.10. The van der Waals surface area contributed by atoms with Gasteiger partial charge in [0.1, 0.15) is 23.5 Å². The van der Waals surface area contributed by atoms with E-state index in [2.05, 4.69) is 5.32 Å². The number of nitrogens with one attached hydrogen (secondary N) is 1. The molecule has 1 aromatic carbocycles. The van der Waals surface area contributed by atoms with E-state index in [0.717, 1.165) is 18.2 Å². The average Bonchev–Trinajstić information content (AvgIpc) is 2.78. The molecule has 2 rings (SSSR count). The molecule has 1 atom stereocenters. The number of benzene rings is 1. The molecule has 3 nitrogen and oxygen atoms in total. The molecule has 5 heteroatoms. The molecule has 1 aromatic heterocycles. The van der Waals surface area contributed by atoms with E-state index >= 15 is 0 Å². The van der Waals surface area contributed by atoms with Gasteiger partial charge in [-0.2, -0.15) is 0 Å². The summed E-state index contributed by atoms with van der Waals surface area (Å²) in [5.74, 6) is -0.936. The molecular formula is C12H11F2NO2. The molecule has 0 fully saturated rings. The van der Waals surface area contributed by atoms with Gasteiger partial charge in [-0.15, -0.1) is 0 Å². The van der Waals surface area contributed by atoms with Gasteiger partial charge in [-0.25, -0.2) is 8.78 Å². The van der Waals surface area contributed by atoms with Crippen molar-refractivity contribution in [1.82, 2.24) is 0 Å². The zero-order valence-corrected chi connectivity index (χ0v) is 8.86. The van der Waals surface area contributed by atoms with Crippen LogP contribution in [0.4, 0.5) is 14.5 Å². The molecule has 2 N–H and O–H groups in total. The second-order valence-corrected chi connectivity index (χ2v) is 3.57. The van der Waals surface area contributed by atoms with Gasteiger partial charge in [0.05, 0.1) is 6.26 Å². The lowest BCUT2D eigenvalue weighted by Crippen LogP contribution is -2.11. The predicted molar refractivity (Wildman–Crippen MR) is 58.5 cm³/mol. The van der Waals surface area contributed by atoms with Crippen LogP contribution in [0.15, 0.2) is 41.0 Å². The Morgan fingerprint density at radius 3 is 2.53 bits per heavy atom. The molecule has 0 aliphatic rings. The Kier molecular flexibility index (Phi) is 3.39. The van der Waals surface area contributed by atoms with Gasteiger partial charge in [0.2, 0.25) is 0 Å². The lowest BCUT2D eigenvalue weighted by atomic mass is 10.2. The fourth-order valence-corrected chi connectivity index (χ4v) is 1.45. The van der Waals surface area contributed by atoms with Gasteiger partial charge in [-0.3, -0.25) is 0 Å². The van der Waals surface area contributed by atoms with Crippen molar-refractivity contribution in [2.24, 2.45) is 0 Å². The van der Waals surface area contributed by atoms with Crippen molar-refractivity contribution in [3.8, 4) is 0 Å². The van der Waals surface area contributed by atoms with E-state index in [1.807, 2.05) is 0 Å². The maximum atomic E-state index is 12.9. The van der Waals surface area contributed by atoms with Crippen LogP contribution in [0.3, 0.4) is 0 Å². The third-order valence-electron chi connectivity index (χ3n) is 2.23. The molecule has 17 heavy (non-hydrogen) atoms. The van der Waals surface area contributed by atoms with Gasteiger partial charge in [0, 0.05) is 18.3 Å². The van der Waals surface area contributed by atoms with E-state index in [4.69, 9.17) is 4.42 Å². The number of anilines is 1. The molecule has 0 saturated heterocycles. The van der Waals surface area contributed by atoms with Crippen molar-refractivity contribution < 1.29 is 18.3 Å². The maximum absolute atomic E-state index is 12.9. The van der Waals surface area contributed by atoms with Crippen LogP contribution in [0.2, 0.25) is 0 Å². The minimum absolute atomic E-state index is 0.108. The molecule has 90 valence electrons. The second-order valence-electron chi connectivity index (χ2n) is 3.57. The third-order valence-corrected chi connectivity index (χ3v) is 2.23. The normalized spacial score (nSPS) is 12.4. The monoisotopic (exact) mass is 239 g/mol. The number of furan rings is 1. The fraction of sp³-hybridized carbons (Fsp3) is 0.167. The van der Waals surface area contributed by atoms with E-state index < -0.39 is 17.7 Å². The Hall–Kier alpha value is -1.88. The smallest absolute Gasteiger partial charge is 0.134 e. The first-order valence-electron chi connectivity index (χ1n) is 5.06. The largest absolute Gasteiger partial charge is 0.467 e. The molecular weight excluding hydrogens is 228 g/mol. The first kappa shape index (κ1) is 11.6. The Morgan fingerprint density at radius 2 is 1.94 bits per heavy atom. The summed E-state index contributed by atoms with van der Waals surface area (Å²) in [5.41, 5.74) is 0.271. The molecule has 1 unspecified atom stereocenters. The maximum Gasteiger partial charge on any atom is 0.134 e. The fourth-order valence-electron chi connectivity index (χ4n) is 1.45. The first-order valence-corrected chi connectivity index (χ1v) is 5.06. The van der Waals surface area contributed by atoms with Crippen LogP contribution in [-0.4, -0.2) is 11.7 Å². The number of halogens is 2. The Balaban J connectivity index is 1.98. The van der Waals surface area contributed by atoms with Gasteiger partial charge in [-0.1, -0.05) is 0 Å². The molecule has 2 aromatic rings. The third kappa shape index (κ3) is 3.04. The van der Waals surface area contributed by atoms with E-state index in [9.17, 15) is 13.9 Å². The van der Waals surface area contributed by atoms with E-state index in [1.54, 1.807) is 12.1 Å². The Labute approximate surface area is 96.7 Å². The minimum atomic E-state index is -0.865. The average molecular weight is 239 g/mol. The molecule has 0 radical (unpaired) electrons. The number of hydrogen-bond donors (Lipinski definition) is 2. The van der Waals surface area contributed by atoms with Crippen molar-refractivity contribution in [3.05, 3.63) is 54.0 Å². The van der Waals surface area contributed by atoms with Gasteiger partial charge in [-0.05, 0) is 24.3 Å². The van der Waals surface area contributed by atoms with Crippen LogP contribution in [0.25, 0.3) is 0 Å². The molecule has 0 aliphatic carbocycles. The highest BCUT2D eigenvalue weighted by atomic mass is 19.1. The quantitative estimate of drug-likeness (QED) is 0.862. The van der Waals surface area contributed by atoms with Crippen LogP contribution < -0.4 is 5.32 Å². The summed E-state index contributed by atoms with van der Waals surface area (Å²) in [6.07, 6.45) is 0.580. The summed E-state index contributed by atoms with van der Waals surface area (Å²) >= 11 is 0. The van der Waals surface area contributed by atoms with E-state index in [0.29, 0.717) is 5.76 Å². The van der Waals surface area contributed by atoms with Gasteiger partial charge in [0.25, 0.3) is 0 Å². The zero-order valence-electron chi connectivity index (χ0n) is 8.86. The Bertz CT molecular complexity index is 465. The number of hydrogen-bond acceptors (Lipinski definition) is 3. The first-order chi connectivity index (χ1) is 8.15. The topological polar surface area (TPSA) is 45.4 Å². The summed E-state index contributed by atoms with van der Waals surface area (Å²) < 4.78 is 30.7. The molecule has 0 saturated carbocycles. The van der Waals surface area contributed by atoms with Crippen molar-refractivity contribution in [1.29, 1.82) is 0 Å². The SMILES string of the molecule is OC(CNc1cc(F)cc(F)c1)c1ccco1. The van der Waals surface area contributed by atoms with Crippen LogP contribution in [-0.2, 0) is 0 Å². The molecule has 0 spiro atoms. The van der Waals surface area contributed by atoms with Crippen LogP contribution in [0.5, 0.6) is 0 Å². The van der Waals surface area contributed by atoms with Gasteiger partial charge >= 0.3 is 0 Å². The number of aliphatic hydroxyl groups is 1. The van der Waals surface area contributed by atoms with E-state index in [1.165, 1.54) is 6.26 Å². The molecule has 0 amide bonds. The van der Waals surface area contributed by atoms with Gasteiger partial charge < -0.3 is 14.8 Å². The van der Waals surface area contributed by atoms with Crippen molar-refractivity contribution in [2.75, 3.05) is 11.9 Å². The summed E-state index contributed by atoms with van der Waals surface area (Å²) in [6.45, 7) is 0.108. The summed E-state index contributed by atoms with van der Waals surface area (Å²) in [4.78, 5) is 0. The standard InChI is InChI=1S/C12H11F2NO2/c13-8-4-9(14)6-10(5-8)15-7-11(16)12-2-1-3-17-12/h1-6,11,15-16H,7H2. The lowest BCUT2D eigenvalue weighted by molar-refractivity contribution is 0.162. The van der Waals surface area contributed by atoms with Crippen molar-refractivity contribution >= 4 is 5.69 Å². The molecule has 0 aliphatic heterocycles. The van der Waals surface area contributed by atoms with Crippen molar-refractivity contribution in [2.45, 2.75) is 6.10 Å². The highest BCUT2D eigenvalue weighted by Gasteiger charge is 2.10. The molecule has 1 heterocycles. The summed E-state index contributed by atoms with van der Waals surface area (Å²) in [5, 5.41) is 12.4. The van der Waals surface area contributed by atoms with Crippen molar-refractivity contribution in [3.63, 3.8) is 0 Å². The molecule has 0 bridgehead atoms. The minimum Gasteiger partial charge on any atom is -0.467 e. The van der Waals surface area contributed by atoms with Crippen LogP contribution in [0, 0.1) is 11.6 Å². The van der Waals surface area contributed by atoms with E-state index in [-0.39, 0.29) is 12.2 Å². The predicted octanol–water partition coefficient (Wildman–Crippen LogP) is 2.70. The Morgan fingerprint density at radius 1 is 1.24 bits per heavy atom. The zero-order chi connectivity index (χ0) is 12.3. The highest BCUT2D eigenvalue weighted by molar-refractivity contribution is 5.43. The second kappa shape index (κ2) is 4.97. The van der Waals surface area contributed by atoms with Crippen LogP contribution in [0.1, 0.15) is 11.9 Å². The number of rotatable bonds is 4. The summed E-state index contributed by atoms with van der Waals surface area (Å²) in [7, 11) is 0. The van der Waals surface area contributed by atoms with Crippen LogP contribution >= 0.6 is 0 Å².